The number of hydrogen-bond donors (Lipinski definition) is 0. The average molecular weight is 151 g/mol. The largest absolute Gasteiger partial charge is 0.258 e. The van der Waals surface area contributed by atoms with Crippen LogP contribution in [0.3, 0.4) is 0 Å². The third kappa shape index (κ3) is 1.76. The number of nitrogens with zero attached hydrogens (tertiary/aromatic N) is 1. The van der Waals surface area contributed by atoms with Crippen LogP contribution in [0.2, 0.25) is 0 Å². The zero-order valence-electron chi connectivity index (χ0n) is 6.26. The molecule has 1 aromatic heterocycles. The number of aromatic nitrogens is 1. The molecular formula is C9H10FN. The normalized spacial score (nSPS) is 16.8. The molecule has 1 aliphatic rings. The van der Waals surface area contributed by atoms with Crippen molar-refractivity contribution in [1.29, 1.82) is 0 Å². The maximum atomic E-state index is 12.4. The number of rotatable bonds is 2. The van der Waals surface area contributed by atoms with E-state index < -0.39 is 0 Å². The lowest BCUT2D eigenvalue weighted by Crippen LogP contribution is -1.91. The quantitative estimate of drug-likeness (QED) is 0.631. The minimum atomic E-state index is -0.246. The van der Waals surface area contributed by atoms with Gasteiger partial charge in [-0.05, 0) is 37.3 Å². The standard InChI is InChI=1S/C9H10FN/c10-8-3-4-9(11-6-8)5-7-1-2-7/h3-4,6-7H,1-2,5H2. The molecule has 0 amide bonds. The van der Waals surface area contributed by atoms with Gasteiger partial charge in [0.15, 0.2) is 0 Å². The van der Waals surface area contributed by atoms with Crippen LogP contribution < -0.4 is 0 Å². The van der Waals surface area contributed by atoms with Crippen molar-refractivity contribution in [2.24, 2.45) is 5.92 Å². The summed E-state index contributed by atoms with van der Waals surface area (Å²) in [5, 5.41) is 0. The Morgan fingerprint density at radius 1 is 1.45 bits per heavy atom. The minimum absolute atomic E-state index is 0.246. The van der Waals surface area contributed by atoms with E-state index in [1.807, 2.05) is 0 Å². The molecule has 1 nitrogen and oxygen atoms in total. The van der Waals surface area contributed by atoms with Crippen molar-refractivity contribution < 1.29 is 4.39 Å². The lowest BCUT2D eigenvalue weighted by Gasteiger charge is -1.95. The first-order valence-electron chi connectivity index (χ1n) is 3.95. The van der Waals surface area contributed by atoms with Crippen LogP contribution in [0.5, 0.6) is 0 Å². The maximum Gasteiger partial charge on any atom is 0.141 e. The molecule has 0 radical (unpaired) electrons. The van der Waals surface area contributed by atoms with Crippen molar-refractivity contribution in [3.8, 4) is 0 Å². The van der Waals surface area contributed by atoms with Gasteiger partial charge in [0.1, 0.15) is 5.82 Å². The van der Waals surface area contributed by atoms with Crippen LogP contribution in [0.1, 0.15) is 18.5 Å². The monoisotopic (exact) mass is 151 g/mol. The van der Waals surface area contributed by atoms with Gasteiger partial charge < -0.3 is 0 Å². The Balaban J connectivity index is 2.06. The zero-order chi connectivity index (χ0) is 7.68. The van der Waals surface area contributed by atoms with Gasteiger partial charge in [0.25, 0.3) is 0 Å². The van der Waals surface area contributed by atoms with E-state index in [1.165, 1.54) is 25.1 Å². The molecule has 0 unspecified atom stereocenters. The molecule has 0 spiro atoms. The topological polar surface area (TPSA) is 12.9 Å². The molecule has 1 aliphatic carbocycles. The third-order valence-corrected chi connectivity index (χ3v) is 1.98. The highest BCUT2D eigenvalue weighted by atomic mass is 19.1. The first-order chi connectivity index (χ1) is 5.34. The molecular weight excluding hydrogens is 141 g/mol. The Morgan fingerprint density at radius 3 is 2.82 bits per heavy atom. The van der Waals surface area contributed by atoms with Gasteiger partial charge in [0.2, 0.25) is 0 Å². The molecule has 2 rings (SSSR count). The Morgan fingerprint density at radius 2 is 2.27 bits per heavy atom. The average Bonchev–Trinajstić information content (AvgIpc) is 2.78. The van der Waals surface area contributed by atoms with E-state index in [0.717, 1.165) is 18.0 Å². The summed E-state index contributed by atoms with van der Waals surface area (Å²) in [4.78, 5) is 3.98. The van der Waals surface area contributed by atoms with E-state index in [0.29, 0.717) is 0 Å². The van der Waals surface area contributed by atoms with E-state index in [9.17, 15) is 4.39 Å². The van der Waals surface area contributed by atoms with Crippen LogP contribution in [0.4, 0.5) is 4.39 Å². The highest BCUT2D eigenvalue weighted by molar-refractivity contribution is 5.07. The zero-order valence-corrected chi connectivity index (χ0v) is 6.26. The van der Waals surface area contributed by atoms with Crippen molar-refractivity contribution in [2.45, 2.75) is 19.3 Å². The van der Waals surface area contributed by atoms with Gasteiger partial charge in [-0.2, -0.15) is 0 Å². The predicted octanol–water partition coefficient (Wildman–Crippen LogP) is 2.17. The summed E-state index contributed by atoms with van der Waals surface area (Å²) in [6.45, 7) is 0. The number of halogens is 1. The van der Waals surface area contributed by atoms with Gasteiger partial charge in [-0.15, -0.1) is 0 Å². The van der Waals surface area contributed by atoms with Crippen molar-refractivity contribution in [3.05, 3.63) is 29.8 Å². The first kappa shape index (κ1) is 6.77. The Hall–Kier alpha value is -0.920. The molecule has 0 N–H and O–H groups in total. The van der Waals surface area contributed by atoms with Crippen LogP contribution in [0.15, 0.2) is 18.3 Å². The lowest BCUT2D eigenvalue weighted by molar-refractivity contribution is 0.617. The Kier molecular flexibility index (Phi) is 1.60. The van der Waals surface area contributed by atoms with E-state index in [-0.39, 0.29) is 5.82 Å². The molecule has 1 fully saturated rings. The molecule has 1 heterocycles. The maximum absolute atomic E-state index is 12.4. The summed E-state index contributed by atoms with van der Waals surface area (Å²) in [5.41, 5.74) is 1.02. The fourth-order valence-corrected chi connectivity index (χ4v) is 1.14. The van der Waals surface area contributed by atoms with Crippen molar-refractivity contribution >= 4 is 0 Å². The second-order valence-corrected chi connectivity index (χ2v) is 3.12. The van der Waals surface area contributed by atoms with E-state index in [4.69, 9.17) is 0 Å². The molecule has 11 heavy (non-hydrogen) atoms. The van der Waals surface area contributed by atoms with Crippen LogP contribution in [-0.4, -0.2) is 4.98 Å². The van der Waals surface area contributed by atoms with E-state index in [2.05, 4.69) is 4.98 Å². The van der Waals surface area contributed by atoms with Crippen LogP contribution in [0, 0.1) is 11.7 Å². The van der Waals surface area contributed by atoms with Gasteiger partial charge >= 0.3 is 0 Å². The van der Waals surface area contributed by atoms with Gasteiger partial charge in [-0.3, -0.25) is 4.98 Å². The highest BCUT2D eigenvalue weighted by Gasteiger charge is 2.21. The van der Waals surface area contributed by atoms with Gasteiger partial charge in [0.05, 0.1) is 6.20 Å². The Labute approximate surface area is 65.3 Å². The summed E-state index contributed by atoms with van der Waals surface area (Å²) in [5.74, 6) is 0.581. The van der Waals surface area contributed by atoms with Crippen LogP contribution >= 0.6 is 0 Å². The molecule has 2 heteroatoms. The predicted molar refractivity (Wildman–Crippen MR) is 40.6 cm³/mol. The van der Waals surface area contributed by atoms with E-state index >= 15 is 0 Å². The lowest BCUT2D eigenvalue weighted by atomic mass is 10.2. The fourth-order valence-electron chi connectivity index (χ4n) is 1.14. The number of hydrogen-bond acceptors (Lipinski definition) is 1. The summed E-state index contributed by atoms with van der Waals surface area (Å²) in [6.07, 6.45) is 4.95. The van der Waals surface area contributed by atoms with Crippen LogP contribution in [0.25, 0.3) is 0 Å². The van der Waals surface area contributed by atoms with E-state index in [1.54, 1.807) is 6.07 Å². The second kappa shape index (κ2) is 2.61. The smallest absolute Gasteiger partial charge is 0.141 e. The minimum Gasteiger partial charge on any atom is -0.258 e. The summed E-state index contributed by atoms with van der Waals surface area (Å²) in [6, 6.07) is 3.25. The molecule has 0 aromatic carbocycles. The summed E-state index contributed by atoms with van der Waals surface area (Å²) < 4.78 is 12.4. The highest BCUT2D eigenvalue weighted by Crippen LogP contribution is 2.31. The van der Waals surface area contributed by atoms with Gasteiger partial charge in [-0.25, -0.2) is 4.39 Å². The second-order valence-electron chi connectivity index (χ2n) is 3.12. The molecule has 0 saturated heterocycles. The van der Waals surface area contributed by atoms with Gasteiger partial charge in [0, 0.05) is 5.69 Å². The van der Waals surface area contributed by atoms with Crippen LogP contribution in [-0.2, 0) is 6.42 Å². The molecule has 0 atom stereocenters. The Bertz CT molecular complexity index is 238. The SMILES string of the molecule is Fc1ccc(CC2CC2)nc1. The third-order valence-electron chi connectivity index (χ3n) is 1.98. The van der Waals surface area contributed by atoms with Gasteiger partial charge in [-0.1, -0.05) is 0 Å². The molecule has 1 aromatic rings. The molecule has 1 saturated carbocycles. The van der Waals surface area contributed by atoms with Crippen molar-refractivity contribution in [1.82, 2.24) is 4.98 Å². The van der Waals surface area contributed by atoms with Crippen molar-refractivity contribution in [3.63, 3.8) is 0 Å². The fraction of sp³-hybridized carbons (Fsp3) is 0.444. The first-order valence-corrected chi connectivity index (χ1v) is 3.95. The summed E-state index contributed by atoms with van der Waals surface area (Å²) >= 11 is 0. The number of pyridine rings is 1. The van der Waals surface area contributed by atoms with Crippen molar-refractivity contribution in [2.75, 3.05) is 0 Å². The summed E-state index contributed by atoms with van der Waals surface area (Å²) in [7, 11) is 0. The molecule has 0 aliphatic heterocycles. The molecule has 0 bridgehead atoms. The molecule has 58 valence electrons.